The molecular formula is C18H16N4. The lowest BCUT2D eigenvalue weighted by molar-refractivity contribution is 0.818. The predicted octanol–water partition coefficient (Wildman–Crippen LogP) is 4.30. The Labute approximate surface area is 128 Å². The molecule has 3 heterocycles. The van der Waals surface area contributed by atoms with E-state index in [-0.39, 0.29) is 0 Å². The summed E-state index contributed by atoms with van der Waals surface area (Å²) in [6.45, 7) is 4.30. The van der Waals surface area contributed by atoms with Gasteiger partial charge in [0.25, 0.3) is 0 Å². The van der Waals surface area contributed by atoms with Crippen LogP contribution >= 0.6 is 0 Å². The lowest BCUT2D eigenvalue weighted by atomic mass is 9.99. The van der Waals surface area contributed by atoms with E-state index in [0.29, 0.717) is 5.92 Å². The van der Waals surface area contributed by atoms with Gasteiger partial charge in [0.15, 0.2) is 0 Å². The van der Waals surface area contributed by atoms with Crippen LogP contribution in [0.1, 0.15) is 25.5 Å². The van der Waals surface area contributed by atoms with Crippen molar-refractivity contribution in [2.24, 2.45) is 0 Å². The number of aromatic nitrogens is 4. The van der Waals surface area contributed by atoms with E-state index in [1.54, 1.807) is 0 Å². The van der Waals surface area contributed by atoms with Crippen molar-refractivity contribution in [3.63, 3.8) is 0 Å². The number of para-hydroxylation sites is 1. The average Bonchev–Trinajstić information content (AvgIpc) is 2.98. The van der Waals surface area contributed by atoms with E-state index < -0.39 is 0 Å². The number of H-pyrrole nitrogens is 1. The topological polar surface area (TPSA) is 54.5 Å². The third-order valence-electron chi connectivity index (χ3n) is 3.95. The lowest BCUT2D eigenvalue weighted by Gasteiger charge is -2.07. The minimum absolute atomic E-state index is 0.350. The van der Waals surface area contributed by atoms with Gasteiger partial charge in [0.1, 0.15) is 0 Å². The summed E-state index contributed by atoms with van der Waals surface area (Å²) >= 11 is 0. The number of nitrogens with zero attached hydrogens (tertiary/aromatic N) is 3. The minimum atomic E-state index is 0.350. The number of rotatable bonds is 2. The molecule has 1 aromatic carbocycles. The summed E-state index contributed by atoms with van der Waals surface area (Å²) < 4.78 is 0. The Hall–Kier alpha value is -2.75. The molecule has 0 aliphatic carbocycles. The van der Waals surface area contributed by atoms with E-state index in [2.05, 4.69) is 46.1 Å². The fourth-order valence-electron chi connectivity index (χ4n) is 2.85. The molecule has 0 aliphatic heterocycles. The predicted molar refractivity (Wildman–Crippen MR) is 88.7 cm³/mol. The van der Waals surface area contributed by atoms with Gasteiger partial charge >= 0.3 is 0 Å². The third-order valence-corrected chi connectivity index (χ3v) is 3.95. The first-order valence-electron chi connectivity index (χ1n) is 7.41. The highest BCUT2D eigenvalue weighted by atomic mass is 15.1. The van der Waals surface area contributed by atoms with Crippen LogP contribution in [0.2, 0.25) is 0 Å². The lowest BCUT2D eigenvalue weighted by Crippen LogP contribution is -1.91. The number of hydrogen-bond donors (Lipinski definition) is 1. The maximum absolute atomic E-state index is 4.56. The quantitative estimate of drug-likeness (QED) is 0.598. The van der Waals surface area contributed by atoms with Gasteiger partial charge in [-0.3, -0.25) is 15.1 Å². The second-order valence-corrected chi connectivity index (χ2v) is 5.79. The minimum Gasteiger partial charge on any atom is -0.276 e. The second-order valence-electron chi connectivity index (χ2n) is 5.79. The number of aromatic amines is 1. The van der Waals surface area contributed by atoms with Crippen molar-refractivity contribution in [2.75, 3.05) is 0 Å². The second kappa shape index (κ2) is 4.91. The fraction of sp³-hybridized carbons (Fsp3) is 0.167. The van der Waals surface area contributed by atoms with Crippen LogP contribution in [0.15, 0.2) is 48.9 Å². The molecule has 22 heavy (non-hydrogen) atoms. The summed E-state index contributed by atoms with van der Waals surface area (Å²) in [5, 5.41) is 9.81. The number of benzene rings is 1. The van der Waals surface area contributed by atoms with Crippen molar-refractivity contribution < 1.29 is 0 Å². The first-order chi connectivity index (χ1) is 10.7. The number of hydrogen-bond acceptors (Lipinski definition) is 3. The van der Waals surface area contributed by atoms with Crippen LogP contribution in [-0.2, 0) is 0 Å². The van der Waals surface area contributed by atoms with Crippen molar-refractivity contribution in [3.05, 3.63) is 54.6 Å². The fourth-order valence-corrected chi connectivity index (χ4v) is 2.85. The molecular weight excluding hydrogens is 272 g/mol. The van der Waals surface area contributed by atoms with Gasteiger partial charge < -0.3 is 0 Å². The molecule has 4 aromatic rings. The smallest absolute Gasteiger partial charge is 0.0842 e. The van der Waals surface area contributed by atoms with E-state index in [0.717, 1.165) is 38.6 Å². The van der Waals surface area contributed by atoms with Crippen LogP contribution in [0.25, 0.3) is 32.9 Å². The zero-order chi connectivity index (χ0) is 15.1. The Bertz CT molecular complexity index is 969. The highest BCUT2D eigenvalue weighted by molar-refractivity contribution is 5.97. The van der Waals surface area contributed by atoms with Crippen LogP contribution in [0.4, 0.5) is 0 Å². The normalized spacial score (nSPS) is 11.6. The average molecular weight is 288 g/mol. The molecule has 1 N–H and O–H groups in total. The van der Waals surface area contributed by atoms with Crippen LogP contribution in [-0.4, -0.2) is 20.2 Å². The molecule has 3 aromatic heterocycles. The highest BCUT2D eigenvalue weighted by Crippen LogP contribution is 2.32. The molecule has 4 rings (SSSR count). The highest BCUT2D eigenvalue weighted by Gasteiger charge is 2.15. The Morgan fingerprint density at radius 3 is 2.77 bits per heavy atom. The standard InChI is InChI=1S/C18H16N4/c1-11(2)18-17-14(9-19-10-16(17)21-22-18)13-7-12-5-3-4-6-15(12)20-8-13/h3-11H,1-2H3,(H,21,22). The molecule has 0 amide bonds. The van der Waals surface area contributed by atoms with E-state index in [1.165, 1.54) is 0 Å². The zero-order valence-corrected chi connectivity index (χ0v) is 12.5. The Morgan fingerprint density at radius 1 is 1.05 bits per heavy atom. The summed E-state index contributed by atoms with van der Waals surface area (Å²) in [5.41, 5.74) is 5.19. The maximum Gasteiger partial charge on any atom is 0.0842 e. The van der Waals surface area contributed by atoms with E-state index in [9.17, 15) is 0 Å². The molecule has 0 unspecified atom stereocenters. The zero-order valence-electron chi connectivity index (χ0n) is 12.5. The summed E-state index contributed by atoms with van der Waals surface area (Å²) in [6, 6.07) is 10.3. The molecule has 0 bridgehead atoms. The number of fused-ring (bicyclic) bond motifs is 2. The molecule has 0 fully saturated rings. The van der Waals surface area contributed by atoms with E-state index in [1.807, 2.05) is 36.8 Å². The van der Waals surface area contributed by atoms with E-state index in [4.69, 9.17) is 0 Å². The first kappa shape index (κ1) is 13.0. The van der Waals surface area contributed by atoms with Gasteiger partial charge in [0.2, 0.25) is 0 Å². The first-order valence-corrected chi connectivity index (χ1v) is 7.41. The van der Waals surface area contributed by atoms with Crippen LogP contribution < -0.4 is 0 Å². The van der Waals surface area contributed by atoms with Crippen molar-refractivity contribution in [3.8, 4) is 11.1 Å². The van der Waals surface area contributed by atoms with Crippen LogP contribution in [0.5, 0.6) is 0 Å². The van der Waals surface area contributed by atoms with Gasteiger partial charge in [-0.05, 0) is 18.1 Å². The molecule has 0 spiro atoms. The summed E-state index contributed by atoms with van der Waals surface area (Å²) in [7, 11) is 0. The van der Waals surface area contributed by atoms with E-state index >= 15 is 0 Å². The van der Waals surface area contributed by atoms with Gasteiger partial charge in [-0.1, -0.05) is 32.0 Å². The molecule has 0 radical (unpaired) electrons. The van der Waals surface area contributed by atoms with Crippen LogP contribution in [0.3, 0.4) is 0 Å². The largest absolute Gasteiger partial charge is 0.276 e. The van der Waals surface area contributed by atoms with Crippen LogP contribution in [0, 0.1) is 0 Å². The van der Waals surface area contributed by atoms with Gasteiger partial charge in [-0.2, -0.15) is 5.10 Å². The monoisotopic (exact) mass is 288 g/mol. The molecule has 4 heteroatoms. The Balaban J connectivity index is 2.01. The molecule has 0 atom stereocenters. The Morgan fingerprint density at radius 2 is 1.91 bits per heavy atom. The molecule has 0 saturated heterocycles. The van der Waals surface area contributed by atoms with Gasteiger partial charge in [-0.15, -0.1) is 0 Å². The summed E-state index contributed by atoms with van der Waals surface area (Å²) in [6.07, 6.45) is 5.64. The van der Waals surface area contributed by atoms with Crippen molar-refractivity contribution in [2.45, 2.75) is 19.8 Å². The molecule has 0 saturated carbocycles. The maximum atomic E-state index is 4.56. The van der Waals surface area contributed by atoms with Crippen molar-refractivity contribution in [1.29, 1.82) is 0 Å². The van der Waals surface area contributed by atoms with Crippen molar-refractivity contribution >= 4 is 21.8 Å². The van der Waals surface area contributed by atoms with Gasteiger partial charge in [-0.25, -0.2) is 0 Å². The third kappa shape index (κ3) is 1.96. The molecule has 0 aliphatic rings. The van der Waals surface area contributed by atoms with Gasteiger partial charge in [0, 0.05) is 34.3 Å². The van der Waals surface area contributed by atoms with Gasteiger partial charge in [0.05, 0.1) is 22.9 Å². The number of nitrogens with one attached hydrogen (secondary N) is 1. The number of pyridine rings is 2. The summed E-state index contributed by atoms with van der Waals surface area (Å²) in [4.78, 5) is 8.91. The summed E-state index contributed by atoms with van der Waals surface area (Å²) in [5.74, 6) is 0.350. The Kier molecular flexibility index (Phi) is 2.89. The molecule has 4 nitrogen and oxygen atoms in total. The van der Waals surface area contributed by atoms with Crippen molar-refractivity contribution in [1.82, 2.24) is 20.2 Å². The molecule has 108 valence electrons. The SMILES string of the molecule is CC(C)c1n[nH]c2cncc(-c3cnc4ccccc4c3)c12.